The predicted molar refractivity (Wildman–Crippen MR) is 113 cm³/mol. The van der Waals surface area contributed by atoms with E-state index in [-0.39, 0.29) is 17.7 Å². The van der Waals surface area contributed by atoms with Crippen LogP contribution in [0.1, 0.15) is 23.6 Å². The molecule has 7 heteroatoms. The predicted octanol–water partition coefficient (Wildman–Crippen LogP) is 4.54. The fourth-order valence-electron chi connectivity index (χ4n) is 3.17. The molecule has 2 aromatic carbocycles. The molecule has 0 fully saturated rings. The maximum atomic E-state index is 13.0. The van der Waals surface area contributed by atoms with Gasteiger partial charge in [-0.3, -0.25) is 4.79 Å². The van der Waals surface area contributed by atoms with E-state index in [2.05, 4.69) is 10.1 Å². The van der Waals surface area contributed by atoms with E-state index in [1.807, 2.05) is 72.4 Å². The van der Waals surface area contributed by atoms with Gasteiger partial charge in [0.05, 0.1) is 17.5 Å². The van der Waals surface area contributed by atoms with Crippen LogP contribution in [0.3, 0.4) is 0 Å². The molecule has 142 valence electrons. The van der Waals surface area contributed by atoms with Crippen LogP contribution in [-0.4, -0.2) is 31.9 Å². The third-order valence-electron chi connectivity index (χ3n) is 4.63. The topological polar surface area (TPSA) is 50.5 Å². The number of thioether (sulfide) groups is 1. The van der Waals surface area contributed by atoms with E-state index >= 15 is 0 Å². The minimum atomic E-state index is -0.137. The Kier molecular flexibility index (Phi) is 5.50. The van der Waals surface area contributed by atoms with Crippen molar-refractivity contribution in [3.8, 4) is 0 Å². The molecule has 28 heavy (non-hydrogen) atoms. The zero-order valence-electron chi connectivity index (χ0n) is 15.3. The molecular formula is C21H19ClN4OS. The summed E-state index contributed by atoms with van der Waals surface area (Å²) in [5.41, 5.74) is 2.97. The number of carbonyl (C=O) groups excluding carboxylic acids is 1. The molecule has 1 aliphatic rings. The number of benzene rings is 2. The number of nitrogens with zero attached hydrogens (tertiary/aromatic N) is 4. The second kappa shape index (κ2) is 8.20. The number of hydrogen-bond donors (Lipinski definition) is 0. The van der Waals surface area contributed by atoms with E-state index in [9.17, 15) is 4.79 Å². The first kappa shape index (κ1) is 18.8. The van der Waals surface area contributed by atoms with Crippen molar-refractivity contribution in [1.29, 1.82) is 0 Å². The number of amides is 1. The largest absolute Gasteiger partial charge is 0.329 e. The number of carbonyl (C=O) groups is 1. The third-order valence-corrected chi connectivity index (χ3v) is 5.92. The molecule has 1 aromatic heterocycles. The Labute approximate surface area is 173 Å². The fraction of sp³-hybridized carbons (Fsp3) is 0.190. The van der Waals surface area contributed by atoms with E-state index in [1.54, 1.807) is 11.2 Å². The van der Waals surface area contributed by atoms with Gasteiger partial charge < -0.3 is 4.57 Å². The fourth-order valence-corrected chi connectivity index (χ4v) is 4.08. The minimum absolute atomic E-state index is 0.0427. The Morgan fingerprint density at radius 2 is 1.93 bits per heavy atom. The molecule has 0 spiro atoms. The molecule has 3 aromatic rings. The lowest BCUT2D eigenvalue weighted by Crippen LogP contribution is -2.28. The summed E-state index contributed by atoms with van der Waals surface area (Å²) in [4.78, 5) is 17.3. The molecule has 2 heterocycles. The highest BCUT2D eigenvalue weighted by Crippen LogP contribution is 2.34. The number of imidazole rings is 1. The van der Waals surface area contributed by atoms with Crippen LogP contribution in [0.25, 0.3) is 0 Å². The van der Waals surface area contributed by atoms with Crippen molar-refractivity contribution in [3.63, 3.8) is 0 Å². The maximum absolute atomic E-state index is 13.0. The van der Waals surface area contributed by atoms with Crippen molar-refractivity contribution in [3.05, 3.63) is 83.1 Å². The summed E-state index contributed by atoms with van der Waals surface area (Å²) in [5.74, 6) is 0.236. The Balaban J connectivity index is 1.59. The monoisotopic (exact) mass is 410 g/mol. The van der Waals surface area contributed by atoms with Gasteiger partial charge in [-0.05, 0) is 23.3 Å². The summed E-state index contributed by atoms with van der Waals surface area (Å²) in [5, 5.41) is 7.78. The van der Waals surface area contributed by atoms with Crippen molar-refractivity contribution in [1.82, 2.24) is 14.6 Å². The summed E-state index contributed by atoms with van der Waals surface area (Å²) in [7, 11) is 1.91. The van der Waals surface area contributed by atoms with Gasteiger partial charge in [-0.2, -0.15) is 5.10 Å². The molecule has 0 bridgehead atoms. The highest BCUT2D eigenvalue weighted by molar-refractivity contribution is 7.99. The number of rotatable bonds is 5. The second-order valence-electron chi connectivity index (χ2n) is 6.53. The van der Waals surface area contributed by atoms with Crippen LogP contribution in [0.15, 0.2) is 77.2 Å². The SMILES string of the molecule is Cn1ccnc1SCC(=O)N1N=C(c2ccccc2)CC1c1ccc(Cl)cc1. The highest BCUT2D eigenvalue weighted by Gasteiger charge is 2.33. The van der Waals surface area contributed by atoms with E-state index in [4.69, 9.17) is 11.6 Å². The molecule has 0 N–H and O–H groups in total. The molecule has 0 aliphatic carbocycles. The van der Waals surface area contributed by atoms with Crippen LogP contribution >= 0.6 is 23.4 Å². The van der Waals surface area contributed by atoms with Gasteiger partial charge in [0, 0.05) is 30.9 Å². The van der Waals surface area contributed by atoms with Crippen LogP contribution in [0, 0.1) is 0 Å². The van der Waals surface area contributed by atoms with Gasteiger partial charge in [-0.1, -0.05) is 65.8 Å². The number of aryl methyl sites for hydroxylation is 1. The van der Waals surface area contributed by atoms with Crippen molar-refractivity contribution in [2.24, 2.45) is 12.1 Å². The van der Waals surface area contributed by atoms with Crippen LogP contribution < -0.4 is 0 Å². The van der Waals surface area contributed by atoms with Gasteiger partial charge in [-0.25, -0.2) is 9.99 Å². The Hall–Kier alpha value is -2.57. The summed E-state index contributed by atoms with van der Waals surface area (Å²) in [6.07, 6.45) is 4.26. The number of halogens is 1. The van der Waals surface area contributed by atoms with Gasteiger partial charge in [-0.15, -0.1) is 0 Å². The minimum Gasteiger partial charge on any atom is -0.329 e. The average molecular weight is 411 g/mol. The van der Waals surface area contributed by atoms with Crippen molar-refractivity contribution < 1.29 is 4.79 Å². The maximum Gasteiger partial charge on any atom is 0.253 e. The number of hydrazone groups is 1. The zero-order valence-corrected chi connectivity index (χ0v) is 16.9. The smallest absolute Gasteiger partial charge is 0.253 e. The molecular weight excluding hydrogens is 392 g/mol. The van der Waals surface area contributed by atoms with Crippen molar-refractivity contribution >= 4 is 35.0 Å². The summed E-state index contributed by atoms with van der Waals surface area (Å²) in [6, 6.07) is 17.5. The quantitative estimate of drug-likeness (QED) is 0.580. The van der Waals surface area contributed by atoms with E-state index in [0.717, 1.165) is 22.0 Å². The molecule has 5 nitrogen and oxygen atoms in total. The van der Waals surface area contributed by atoms with Crippen LogP contribution in [0.4, 0.5) is 0 Å². The van der Waals surface area contributed by atoms with Crippen LogP contribution in [-0.2, 0) is 11.8 Å². The van der Waals surface area contributed by atoms with Crippen molar-refractivity contribution in [2.45, 2.75) is 17.6 Å². The Morgan fingerprint density at radius 1 is 1.18 bits per heavy atom. The first-order chi connectivity index (χ1) is 13.6. The lowest BCUT2D eigenvalue weighted by Gasteiger charge is -2.22. The van der Waals surface area contributed by atoms with Gasteiger partial charge in [0.15, 0.2) is 5.16 Å². The standard InChI is InChI=1S/C21H19ClN4OS/c1-25-12-11-23-21(25)28-14-20(27)26-19(16-7-9-17(22)10-8-16)13-18(24-26)15-5-3-2-4-6-15/h2-12,19H,13-14H2,1H3. The van der Waals surface area contributed by atoms with Crippen LogP contribution in [0.5, 0.6) is 0 Å². The normalized spacial score (nSPS) is 16.3. The highest BCUT2D eigenvalue weighted by atomic mass is 35.5. The Morgan fingerprint density at radius 3 is 2.61 bits per heavy atom. The number of aromatic nitrogens is 2. The summed E-state index contributed by atoms with van der Waals surface area (Å²) >= 11 is 7.46. The van der Waals surface area contributed by atoms with Gasteiger partial charge in [0.1, 0.15) is 0 Å². The summed E-state index contributed by atoms with van der Waals surface area (Å²) < 4.78 is 1.90. The van der Waals surface area contributed by atoms with Crippen molar-refractivity contribution in [2.75, 3.05) is 5.75 Å². The lowest BCUT2D eigenvalue weighted by atomic mass is 9.98. The molecule has 1 amide bonds. The average Bonchev–Trinajstić information content (AvgIpc) is 3.34. The first-order valence-electron chi connectivity index (χ1n) is 8.92. The van der Waals surface area contributed by atoms with E-state index in [0.29, 0.717) is 11.4 Å². The van der Waals surface area contributed by atoms with Gasteiger partial charge in [0.2, 0.25) is 0 Å². The molecule has 0 radical (unpaired) electrons. The summed E-state index contributed by atoms with van der Waals surface area (Å²) in [6.45, 7) is 0. The first-order valence-corrected chi connectivity index (χ1v) is 10.3. The van der Waals surface area contributed by atoms with E-state index in [1.165, 1.54) is 11.8 Å². The molecule has 0 saturated heterocycles. The number of hydrogen-bond acceptors (Lipinski definition) is 4. The lowest BCUT2D eigenvalue weighted by molar-refractivity contribution is -0.130. The second-order valence-corrected chi connectivity index (χ2v) is 7.91. The third kappa shape index (κ3) is 3.98. The molecule has 1 aliphatic heterocycles. The van der Waals surface area contributed by atoms with Crippen LogP contribution in [0.2, 0.25) is 5.02 Å². The molecule has 0 saturated carbocycles. The molecule has 1 atom stereocenters. The molecule has 4 rings (SSSR count). The molecule has 1 unspecified atom stereocenters. The van der Waals surface area contributed by atoms with E-state index < -0.39 is 0 Å². The zero-order chi connectivity index (χ0) is 19.5. The van der Waals surface area contributed by atoms with Gasteiger partial charge in [0.25, 0.3) is 5.91 Å². The van der Waals surface area contributed by atoms with Gasteiger partial charge >= 0.3 is 0 Å². The Bertz CT molecular complexity index is 1000.